The van der Waals surface area contributed by atoms with Gasteiger partial charge in [-0.1, -0.05) is 60.2 Å². The molecule has 0 saturated heterocycles. The summed E-state index contributed by atoms with van der Waals surface area (Å²) in [5, 5.41) is 0. The van der Waals surface area contributed by atoms with Gasteiger partial charge in [0.1, 0.15) is 5.82 Å². The first kappa shape index (κ1) is 15.6. The second-order valence-corrected chi connectivity index (χ2v) is 6.46. The summed E-state index contributed by atoms with van der Waals surface area (Å²) in [6.45, 7) is 2.54. The van der Waals surface area contributed by atoms with Crippen LogP contribution in [0.25, 0.3) is 0 Å². The van der Waals surface area contributed by atoms with Crippen molar-refractivity contribution in [2.45, 2.75) is 19.5 Å². The third kappa shape index (κ3) is 2.82. The fourth-order valence-corrected chi connectivity index (χ4v) is 3.49. The van der Waals surface area contributed by atoms with E-state index in [0.717, 1.165) is 27.8 Å². The molecule has 1 amide bonds. The summed E-state index contributed by atoms with van der Waals surface area (Å²) in [6, 6.07) is 22.1. The van der Waals surface area contributed by atoms with E-state index in [0.29, 0.717) is 6.54 Å². The first-order valence-electron chi connectivity index (χ1n) is 8.34. The minimum Gasteiger partial charge on any atom is -0.323 e. The number of hydrogen-bond donors (Lipinski definition) is 0. The Hall–Kier alpha value is -2.94. The number of fused-ring (bicyclic) bond motifs is 1. The van der Waals surface area contributed by atoms with Crippen molar-refractivity contribution in [2.24, 2.45) is 0 Å². The maximum Gasteiger partial charge on any atom is 0.255 e. The number of nitrogens with zero attached hydrogens (tertiary/aromatic N) is 1. The Bertz CT molecular complexity index is 919. The lowest BCUT2D eigenvalue weighted by Gasteiger charge is -2.26. The highest BCUT2D eigenvalue weighted by Crippen LogP contribution is 2.39. The van der Waals surface area contributed by atoms with Gasteiger partial charge in [0.05, 0.1) is 6.04 Å². The zero-order valence-corrected chi connectivity index (χ0v) is 13.9. The Labute approximate surface area is 146 Å². The van der Waals surface area contributed by atoms with Crippen LogP contribution in [0.1, 0.15) is 38.7 Å². The zero-order chi connectivity index (χ0) is 17.4. The minimum absolute atomic E-state index is 0.0215. The monoisotopic (exact) mass is 331 g/mol. The molecule has 2 nitrogen and oxygen atoms in total. The highest BCUT2D eigenvalue weighted by atomic mass is 19.1. The third-order valence-electron chi connectivity index (χ3n) is 4.69. The van der Waals surface area contributed by atoms with Crippen molar-refractivity contribution in [3.05, 3.63) is 106 Å². The number of amides is 1. The Morgan fingerprint density at radius 2 is 1.68 bits per heavy atom. The number of benzene rings is 3. The lowest BCUT2D eigenvalue weighted by atomic mass is 9.96. The van der Waals surface area contributed by atoms with Gasteiger partial charge >= 0.3 is 0 Å². The Kier molecular flexibility index (Phi) is 3.85. The molecule has 3 heteroatoms. The Balaban J connectivity index is 1.81. The van der Waals surface area contributed by atoms with Gasteiger partial charge in [-0.15, -0.1) is 0 Å². The Morgan fingerprint density at radius 1 is 0.960 bits per heavy atom. The van der Waals surface area contributed by atoms with E-state index in [9.17, 15) is 9.18 Å². The molecule has 0 N–H and O–H groups in total. The number of carbonyl (C=O) groups excluding carboxylic acids is 1. The van der Waals surface area contributed by atoms with Gasteiger partial charge in [-0.05, 0) is 41.8 Å². The molecule has 0 saturated carbocycles. The summed E-state index contributed by atoms with van der Waals surface area (Å²) in [5.41, 5.74) is 4.84. The fraction of sp³-hybridized carbons (Fsp3) is 0.136. The maximum atomic E-state index is 13.4. The van der Waals surface area contributed by atoms with Gasteiger partial charge in [0.2, 0.25) is 0 Å². The third-order valence-corrected chi connectivity index (χ3v) is 4.69. The van der Waals surface area contributed by atoms with Crippen molar-refractivity contribution in [1.82, 2.24) is 4.90 Å². The van der Waals surface area contributed by atoms with Gasteiger partial charge in [-0.3, -0.25) is 4.79 Å². The van der Waals surface area contributed by atoms with E-state index in [1.165, 1.54) is 12.1 Å². The van der Waals surface area contributed by atoms with E-state index in [1.54, 1.807) is 12.1 Å². The van der Waals surface area contributed by atoms with Gasteiger partial charge in [0.15, 0.2) is 0 Å². The number of aryl methyl sites for hydroxylation is 1. The van der Waals surface area contributed by atoms with Crippen LogP contribution in [-0.4, -0.2) is 10.8 Å². The molecule has 0 spiro atoms. The van der Waals surface area contributed by atoms with Crippen molar-refractivity contribution >= 4 is 5.91 Å². The van der Waals surface area contributed by atoms with E-state index in [1.807, 2.05) is 54.3 Å². The zero-order valence-electron chi connectivity index (χ0n) is 13.9. The fourth-order valence-electron chi connectivity index (χ4n) is 3.49. The van der Waals surface area contributed by atoms with E-state index >= 15 is 0 Å². The number of carbonyl (C=O) groups is 1. The number of rotatable bonds is 3. The molecule has 0 aliphatic carbocycles. The average Bonchev–Trinajstić information content (AvgIpc) is 2.88. The highest BCUT2D eigenvalue weighted by molar-refractivity contribution is 5.99. The largest absolute Gasteiger partial charge is 0.323 e. The van der Waals surface area contributed by atoms with Crippen molar-refractivity contribution < 1.29 is 9.18 Å². The second-order valence-electron chi connectivity index (χ2n) is 6.46. The van der Waals surface area contributed by atoms with Crippen LogP contribution in [0.15, 0.2) is 72.8 Å². The summed E-state index contributed by atoms with van der Waals surface area (Å²) >= 11 is 0. The number of hydrogen-bond acceptors (Lipinski definition) is 1. The summed E-state index contributed by atoms with van der Waals surface area (Å²) in [4.78, 5) is 14.9. The molecule has 4 rings (SSSR count). The molecular formula is C22H18FNO. The van der Waals surface area contributed by atoms with E-state index < -0.39 is 0 Å². The van der Waals surface area contributed by atoms with Gasteiger partial charge < -0.3 is 4.90 Å². The second kappa shape index (κ2) is 6.17. The molecule has 1 aliphatic rings. The van der Waals surface area contributed by atoms with Crippen molar-refractivity contribution in [1.29, 1.82) is 0 Å². The smallest absolute Gasteiger partial charge is 0.255 e. The molecule has 1 unspecified atom stereocenters. The van der Waals surface area contributed by atoms with Gasteiger partial charge in [0.25, 0.3) is 5.91 Å². The predicted octanol–water partition coefficient (Wildman–Crippen LogP) is 4.88. The van der Waals surface area contributed by atoms with Crippen LogP contribution in [0.5, 0.6) is 0 Å². The van der Waals surface area contributed by atoms with E-state index in [2.05, 4.69) is 6.07 Å². The molecule has 124 valence electrons. The van der Waals surface area contributed by atoms with Gasteiger partial charge in [-0.2, -0.15) is 0 Å². The topological polar surface area (TPSA) is 20.3 Å². The molecule has 3 aromatic carbocycles. The van der Waals surface area contributed by atoms with E-state index in [4.69, 9.17) is 0 Å². The van der Waals surface area contributed by atoms with Gasteiger partial charge in [-0.25, -0.2) is 4.39 Å². The standard InChI is InChI=1S/C22H18FNO/c1-15-7-12-19-20(13-15)21(17-8-10-18(23)11-9-17)24(22(19)25)14-16-5-3-2-4-6-16/h2-13,21H,14H2,1H3. The molecule has 0 bridgehead atoms. The molecule has 1 heterocycles. The van der Waals surface area contributed by atoms with Crippen molar-refractivity contribution in [2.75, 3.05) is 0 Å². The highest BCUT2D eigenvalue weighted by Gasteiger charge is 2.37. The quantitative estimate of drug-likeness (QED) is 0.670. The molecule has 3 aromatic rings. The Morgan fingerprint density at radius 3 is 2.40 bits per heavy atom. The number of halogens is 1. The summed E-state index contributed by atoms with van der Waals surface area (Å²) in [7, 11) is 0. The van der Waals surface area contributed by atoms with Crippen LogP contribution in [0.3, 0.4) is 0 Å². The van der Waals surface area contributed by atoms with Crippen LogP contribution in [-0.2, 0) is 6.54 Å². The predicted molar refractivity (Wildman–Crippen MR) is 95.7 cm³/mol. The van der Waals surface area contributed by atoms with Crippen molar-refractivity contribution in [3.63, 3.8) is 0 Å². The van der Waals surface area contributed by atoms with Crippen molar-refractivity contribution in [3.8, 4) is 0 Å². The summed E-state index contributed by atoms with van der Waals surface area (Å²) < 4.78 is 13.4. The van der Waals surface area contributed by atoms with Crippen LogP contribution in [0, 0.1) is 12.7 Å². The summed E-state index contributed by atoms with van der Waals surface area (Å²) in [5.74, 6) is -0.250. The molecule has 0 fully saturated rings. The molecule has 0 aromatic heterocycles. The van der Waals surface area contributed by atoms with Crippen LogP contribution < -0.4 is 0 Å². The maximum absolute atomic E-state index is 13.4. The lowest BCUT2D eigenvalue weighted by molar-refractivity contribution is 0.0736. The SMILES string of the molecule is Cc1ccc2c(c1)C(c1ccc(F)cc1)N(Cc1ccccc1)C2=O. The van der Waals surface area contributed by atoms with Crippen LogP contribution >= 0.6 is 0 Å². The minimum atomic E-state index is -0.271. The van der Waals surface area contributed by atoms with Crippen LogP contribution in [0.4, 0.5) is 4.39 Å². The van der Waals surface area contributed by atoms with Gasteiger partial charge in [0, 0.05) is 12.1 Å². The lowest BCUT2D eigenvalue weighted by Crippen LogP contribution is -2.28. The molecule has 1 aliphatic heterocycles. The molecule has 1 atom stereocenters. The molecular weight excluding hydrogens is 313 g/mol. The molecule has 25 heavy (non-hydrogen) atoms. The first-order chi connectivity index (χ1) is 12.1. The molecule has 0 radical (unpaired) electrons. The van der Waals surface area contributed by atoms with E-state index in [-0.39, 0.29) is 17.8 Å². The normalized spacial score (nSPS) is 16.2. The summed E-state index contributed by atoms with van der Waals surface area (Å²) in [6.07, 6.45) is 0. The average molecular weight is 331 g/mol. The van der Waals surface area contributed by atoms with Crippen LogP contribution in [0.2, 0.25) is 0 Å². The first-order valence-corrected chi connectivity index (χ1v) is 8.34.